The van der Waals surface area contributed by atoms with E-state index in [-0.39, 0.29) is 35.9 Å². The van der Waals surface area contributed by atoms with E-state index in [2.05, 4.69) is 33.5 Å². The summed E-state index contributed by atoms with van der Waals surface area (Å²) in [6.45, 7) is 1.97. The molecule has 4 heterocycles. The highest BCUT2D eigenvalue weighted by Gasteiger charge is 2.45. The van der Waals surface area contributed by atoms with Crippen molar-refractivity contribution in [1.29, 1.82) is 0 Å². The van der Waals surface area contributed by atoms with Gasteiger partial charge in [0.15, 0.2) is 6.10 Å². The minimum atomic E-state index is -1.56. The number of aromatic nitrogens is 6. The van der Waals surface area contributed by atoms with Crippen LogP contribution in [0.25, 0.3) is 21.8 Å². The molecule has 2 unspecified atom stereocenters. The topological polar surface area (TPSA) is 134 Å². The predicted octanol–water partition coefficient (Wildman–Crippen LogP) is 10.5. The van der Waals surface area contributed by atoms with E-state index in [1.807, 2.05) is 90.9 Å². The molecule has 12 nitrogen and oxygen atoms in total. The van der Waals surface area contributed by atoms with Gasteiger partial charge in [-0.2, -0.15) is 4.98 Å². The maximum atomic E-state index is 14.9. The fourth-order valence-electron chi connectivity index (χ4n) is 9.28. The first kappa shape index (κ1) is 45.9. The number of aliphatic hydroxyl groups is 1. The Kier molecular flexibility index (Phi) is 12.4. The molecule has 0 aliphatic heterocycles. The first-order valence-electron chi connectivity index (χ1n) is 22.9. The second-order valence-corrected chi connectivity index (χ2v) is 18.3. The number of amides is 2. The predicted molar refractivity (Wildman–Crippen MR) is 267 cm³/mol. The van der Waals surface area contributed by atoms with Crippen molar-refractivity contribution >= 4 is 62.8 Å². The van der Waals surface area contributed by atoms with Gasteiger partial charge < -0.3 is 19.6 Å². The van der Waals surface area contributed by atoms with Crippen LogP contribution in [0.5, 0.6) is 0 Å². The molecule has 5 aromatic carbocycles. The molecular weight excluding hydrogens is 908 g/mol. The lowest BCUT2D eigenvalue weighted by molar-refractivity contribution is -0.127. The van der Waals surface area contributed by atoms with Crippen molar-refractivity contribution in [2.75, 3.05) is 15.1 Å². The van der Waals surface area contributed by atoms with Gasteiger partial charge in [0.25, 0.3) is 5.91 Å². The molecule has 2 amide bonds. The number of nitrogens with zero attached hydrogens (tertiary/aromatic N) is 8. The summed E-state index contributed by atoms with van der Waals surface area (Å²) < 4.78 is 32.0. The van der Waals surface area contributed by atoms with E-state index in [0.29, 0.717) is 40.6 Å². The monoisotopic (exact) mass is 955 g/mol. The summed E-state index contributed by atoms with van der Waals surface area (Å²) in [5.74, 6) is -1.38. The summed E-state index contributed by atoms with van der Waals surface area (Å²) in [4.78, 5) is 50.8. The Hall–Kier alpha value is -7.81. The second-order valence-electron chi connectivity index (χ2n) is 18.0. The Labute approximate surface area is 407 Å². The lowest BCUT2D eigenvalue weighted by Gasteiger charge is -2.26. The number of fused-ring (bicyclic) bond motifs is 2. The van der Waals surface area contributed by atoms with Gasteiger partial charge in [-0.25, -0.2) is 23.7 Å². The van der Waals surface area contributed by atoms with Crippen molar-refractivity contribution < 1.29 is 23.5 Å². The van der Waals surface area contributed by atoms with Crippen molar-refractivity contribution in [3.63, 3.8) is 0 Å². The fourth-order valence-corrected chi connectivity index (χ4v) is 9.42. The highest BCUT2D eigenvalue weighted by atomic mass is 35.5. The Morgan fingerprint density at radius 2 is 1.30 bits per heavy atom. The molecule has 1 aliphatic carbocycles. The van der Waals surface area contributed by atoms with Crippen LogP contribution >= 0.6 is 11.6 Å². The highest BCUT2D eigenvalue weighted by molar-refractivity contribution is 6.28. The van der Waals surface area contributed by atoms with Gasteiger partial charge >= 0.3 is 0 Å². The summed E-state index contributed by atoms with van der Waals surface area (Å²) in [5.41, 5.74) is 6.51. The SMILES string of the molecule is CC(C(=O)N(Cc1ccc(F)cc1)c1ccnc(Cl)n1)c1cn(C)c2cc(Cc3cc(N(Cc4ccc(F)cc4)C(=O)C(O)c4cn(C)c5ccccc45)nc(NC4(c5ccccc5)CC4)n3)ccc12. The molecule has 15 heteroatoms. The number of benzene rings is 5. The average molecular weight is 956 g/mol. The molecule has 1 aliphatic rings. The van der Waals surface area contributed by atoms with Gasteiger partial charge in [0.05, 0.1) is 30.2 Å². The molecule has 2 N–H and O–H groups in total. The van der Waals surface area contributed by atoms with Crippen molar-refractivity contribution in [3.8, 4) is 0 Å². The Morgan fingerprint density at radius 3 is 1.97 bits per heavy atom. The molecule has 352 valence electrons. The fraction of sp³-hybridized carbons (Fsp3) is 0.200. The van der Waals surface area contributed by atoms with E-state index in [1.54, 1.807) is 42.6 Å². The summed E-state index contributed by atoms with van der Waals surface area (Å²) in [6, 6.07) is 39.0. The second kappa shape index (κ2) is 18.9. The van der Waals surface area contributed by atoms with Crippen LogP contribution in [0.15, 0.2) is 152 Å². The number of aliphatic hydroxyl groups excluding tert-OH is 1. The maximum Gasteiger partial charge on any atom is 0.262 e. The molecule has 2 atom stereocenters. The van der Waals surface area contributed by atoms with E-state index >= 15 is 0 Å². The van der Waals surface area contributed by atoms with Crippen LogP contribution in [0.1, 0.15) is 70.9 Å². The van der Waals surface area contributed by atoms with Crippen LogP contribution < -0.4 is 15.1 Å². The number of para-hydroxylation sites is 1. The van der Waals surface area contributed by atoms with Crippen molar-refractivity contribution in [3.05, 3.63) is 208 Å². The molecule has 10 rings (SSSR count). The number of anilines is 3. The number of carbonyl (C=O) groups is 2. The minimum Gasteiger partial charge on any atom is -0.378 e. The first-order valence-corrected chi connectivity index (χ1v) is 23.3. The van der Waals surface area contributed by atoms with E-state index < -0.39 is 29.3 Å². The summed E-state index contributed by atoms with van der Waals surface area (Å²) in [6.07, 6.45) is 5.67. The zero-order valence-corrected chi connectivity index (χ0v) is 39.4. The van der Waals surface area contributed by atoms with Gasteiger partial charge in [-0.05, 0) is 102 Å². The Morgan fingerprint density at radius 1 is 0.700 bits per heavy atom. The number of nitrogens with one attached hydrogen (secondary N) is 1. The van der Waals surface area contributed by atoms with E-state index in [9.17, 15) is 23.5 Å². The molecule has 1 saturated carbocycles. The lowest BCUT2D eigenvalue weighted by atomic mass is 9.97. The molecule has 0 radical (unpaired) electrons. The highest BCUT2D eigenvalue weighted by Crippen LogP contribution is 2.48. The van der Waals surface area contributed by atoms with Crippen molar-refractivity contribution in [2.24, 2.45) is 14.1 Å². The summed E-state index contributed by atoms with van der Waals surface area (Å²) >= 11 is 6.20. The summed E-state index contributed by atoms with van der Waals surface area (Å²) in [5, 5.41) is 17.2. The van der Waals surface area contributed by atoms with E-state index in [4.69, 9.17) is 21.6 Å². The number of hydrogen-bond acceptors (Lipinski definition) is 8. The number of halogens is 3. The number of rotatable bonds is 15. The van der Waals surface area contributed by atoms with Gasteiger partial charge in [-0.1, -0.05) is 84.9 Å². The van der Waals surface area contributed by atoms with Crippen LogP contribution in [0.4, 0.5) is 26.4 Å². The molecule has 0 bridgehead atoms. The van der Waals surface area contributed by atoms with Crippen molar-refractivity contribution in [2.45, 2.75) is 56.8 Å². The summed E-state index contributed by atoms with van der Waals surface area (Å²) in [7, 11) is 3.79. The minimum absolute atomic E-state index is 0.00704. The smallest absolute Gasteiger partial charge is 0.262 e. The van der Waals surface area contributed by atoms with Crippen LogP contribution in [-0.4, -0.2) is 46.0 Å². The van der Waals surface area contributed by atoms with E-state index in [0.717, 1.165) is 51.3 Å². The van der Waals surface area contributed by atoms with Crippen LogP contribution in [0.2, 0.25) is 5.28 Å². The molecule has 0 spiro atoms. The average Bonchev–Trinajstić information content (AvgIpc) is 3.97. The molecular formula is C55H48ClF2N9O3. The Balaban J connectivity index is 1.01. The van der Waals surface area contributed by atoms with Crippen LogP contribution in [0.3, 0.4) is 0 Å². The zero-order chi connectivity index (χ0) is 48.7. The van der Waals surface area contributed by atoms with Crippen LogP contribution in [-0.2, 0) is 48.7 Å². The van der Waals surface area contributed by atoms with Gasteiger partial charge in [0.2, 0.25) is 17.1 Å². The number of carbonyl (C=O) groups excluding carboxylic acids is 2. The maximum absolute atomic E-state index is 14.9. The van der Waals surface area contributed by atoms with Gasteiger partial charge in [-0.15, -0.1) is 0 Å². The van der Waals surface area contributed by atoms with E-state index in [1.165, 1.54) is 40.3 Å². The Bertz CT molecular complexity index is 3400. The van der Waals surface area contributed by atoms with Gasteiger partial charge in [0, 0.05) is 72.5 Å². The zero-order valence-electron chi connectivity index (χ0n) is 38.6. The molecule has 1 fully saturated rings. The van der Waals surface area contributed by atoms with Crippen LogP contribution in [0, 0.1) is 11.6 Å². The quantitative estimate of drug-likeness (QED) is 0.0971. The molecule has 0 saturated heterocycles. The first-order chi connectivity index (χ1) is 33.8. The molecule has 9 aromatic rings. The number of hydrogen-bond donors (Lipinski definition) is 2. The molecule has 70 heavy (non-hydrogen) atoms. The molecule has 4 aromatic heterocycles. The largest absolute Gasteiger partial charge is 0.378 e. The number of aryl methyl sites for hydroxylation is 2. The third-order valence-corrected chi connectivity index (χ3v) is 13.3. The van der Waals surface area contributed by atoms with Crippen molar-refractivity contribution in [1.82, 2.24) is 29.1 Å². The van der Waals surface area contributed by atoms with Gasteiger partial charge in [0.1, 0.15) is 23.3 Å². The third kappa shape index (κ3) is 9.35. The standard InChI is InChI=1S/C55H48ClF2N9O3/c1-34(51(69)66(48-23-26-59-53(56)61-48)30-35-13-18-39(57)19-14-35)44-32-65(3)47-28-37(17-22-43(44)47)27-41-29-49(62-54(60-41)63-55(24-25-55)38-9-5-4-6-10-38)67(31-36-15-20-40(58)21-16-36)52(70)50(68)45-33-64(2)46-12-8-7-11-42(45)46/h4-23,26,28-29,32-34,50,68H,24-25,27,30-31H2,1-3H3,(H,60,62,63). The lowest BCUT2D eigenvalue weighted by Crippen LogP contribution is -2.36. The third-order valence-electron chi connectivity index (χ3n) is 13.2. The normalized spacial score (nSPS) is 13.8. The van der Waals surface area contributed by atoms with Gasteiger partial charge in [-0.3, -0.25) is 19.4 Å².